The maximum absolute atomic E-state index is 11.5. The SMILES string of the molecule is COC(=O)CC[C@@H](NC(=O)CCC(C)C)C(=O)O. The Morgan fingerprint density at radius 1 is 1.17 bits per heavy atom. The predicted molar refractivity (Wildman–Crippen MR) is 64.9 cm³/mol. The zero-order chi connectivity index (χ0) is 14.1. The molecule has 0 aromatic carbocycles. The van der Waals surface area contributed by atoms with Crippen molar-refractivity contribution in [1.82, 2.24) is 5.32 Å². The highest BCUT2D eigenvalue weighted by atomic mass is 16.5. The summed E-state index contributed by atoms with van der Waals surface area (Å²) >= 11 is 0. The van der Waals surface area contributed by atoms with E-state index in [9.17, 15) is 14.4 Å². The largest absolute Gasteiger partial charge is 0.480 e. The smallest absolute Gasteiger partial charge is 0.326 e. The first-order chi connectivity index (χ1) is 8.36. The molecule has 0 aliphatic heterocycles. The number of amides is 1. The number of nitrogens with one attached hydrogen (secondary N) is 1. The van der Waals surface area contributed by atoms with Gasteiger partial charge in [0.2, 0.25) is 5.91 Å². The minimum atomic E-state index is -1.14. The number of hydrogen-bond acceptors (Lipinski definition) is 4. The molecule has 0 aromatic heterocycles. The van der Waals surface area contributed by atoms with Gasteiger partial charge in [-0.3, -0.25) is 9.59 Å². The van der Waals surface area contributed by atoms with Crippen molar-refractivity contribution in [2.45, 2.75) is 45.6 Å². The lowest BCUT2D eigenvalue weighted by molar-refractivity contribution is -0.144. The number of carboxylic acids is 1. The monoisotopic (exact) mass is 259 g/mol. The predicted octanol–water partition coefficient (Wildman–Crippen LogP) is 0.945. The molecule has 0 aromatic rings. The highest BCUT2D eigenvalue weighted by Gasteiger charge is 2.21. The minimum absolute atomic E-state index is 0.0298. The summed E-state index contributed by atoms with van der Waals surface area (Å²) < 4.78 is 4.42. The first-order valence-corrected chi connectivity index (χ1v) is 5.95. The van der Waals surface area contributed by atoms with Crippen molar-refractivity contribution >= 4 is 17.8 Å². The van der Waals surface area contributed by atoms with Crippen LogP contribution in [0.15, 0.2) is 0 Å². The molecule has 0 saturated heterocycles. The second-order valence-corrected chi connectivity index (χ2v) is 4.51. The van der Waals surface area contributed by atoms with Crippen LogP contribution in [0.5, 0.6) is 0 Å². The van der Waals surface area contributed by atoms with Crippen LogP contribution in [-0.4, -0.2) is 36.1 Å². The first kappa shape index (κ1) is 16.4. The van der Waals surface area contributed by atoms with Crippen molar-refractivity contribution in [1.29, 1.82) is 0 Å². The van der Waals surface area contributed by atoms with Crippen molar-refractivity contribution in [2.75, 3.05) is 7.11 Å². The number of esters is 1. The second-order valence-electron chi connectivity index (χ2n) is 4.51. The zero-order valence-electron chi connectivity index (χ0n) is 11.1. The Morgan fingerprint density at radius 3 is 2.22 bits per heavy atom. The van der Waals surface area contributed by atoms with Gasteiger partial charge in [-0.2, -0.15) is 0 Å². The fourth-order valence-corrected chi connectivity index (χ4v) is 1.31. The lowest BCUT2D eigenvalue weighted by atomic mass is 10.1. The van der Waals surface area contributed by atoms with Crippen molar-refractivity contribution in [3.8, 4) is 0 Å². The van der Waals surface area contributed by atoms with Crippen LogP contribution in [0.4, 0.5) is 0 Å². The van der Waals surface area contributed by atoms with Gasteiger partial charge < -0.3 is 15.2 Å². The molecule has 1 amide bonds. The Kier molecular flexibility index (Phi) is 7.74. The molecule has 6 nitrogen and oxygen atoms in total. The number of methoxy groups -OCH3 is 1. The van der Waals surface area contributed by atoms with Crippen LogP contribution in [-0.2, 0) is 19.1 Å². The van der Waals surface area contributed by atoms with Gasteiger partial charge >= 0.3 is 11.9 Å². The van der Waals surface area contributed by atoms with E-state index < -0.39 is 18.0 Å². The number of carboxylic acid groups (broad SMARTS) is 1. The molecular weight excluding hydrogens is 238 g/mol. The lowest BCUT2D eigenvalue weighted by Crippen LogP contribution is -2.41. The lowest BCUT2D eigenvalue weighted by Gasteiger charge is -2.14. The van der Waals surface area contributed by atoms with Crippen LogP contribution in [0.3, 0.4) is 0 Å². The number of ether oxygens (including phenoxy) is 1. The van der Waals surface area contributed by atoms with E-state index >= 15 is 0 Å². The Labute approximate surface area is 107 Å². The van der Waals surface area contributed by atoms with E-state index in [1.54, 1.807) is 0 Å². The molecule has 0 spiro atoms. The Bertz CT molecular complexity index is 301. The van der Waals surface area contributed by atoms with Crippen LogP contribution < -0.4 is 5.32 Å². The van der Waals surface area contributed by atoms with Crippen LogP contribution in [0.1, 0.15) is 39.5 Å². The summed E-state index contributed by atoms with van der Waals surface area (Å²) in [5.74, 6) is -1.55. The molecule has 0 bridgehead atoms. The molecule has 18 heavy (non-hydrogen) atoms. The van der Waals surface area contributed by atoms with E-state index in [2.05, 4.69) is 10.1 Å². The van der Waals surface area contributed by atoms with E-state index in [4.69, 9.17) is 5.11 Å². The van der Waals surface area contributed by atoms with Crippen molar-refractivity contribution in [2.24, 2.45) is 5.92 Å². The summed E-state index contributed by atoms with van der Waals surface area (Å²) in [6.45, 7) is 3.97. The summed E-state index contributed by atoms with van der Waals surface area (Å²) in [5, 5.41) is 11.3. The molecule has 0 unspecified atom stereocenters. The fraction of sp³-hybridized carbons (Fsp3) is 0.750. The van der Waals surface area contributed by atoms with E-state index in [0.29, 0.717) is 18.8 Å². The first-order valence-electron chi connectivity index (χ1n) is 5.95. The number of rotatable bonds is 8. The Balaban J connectivity index is 4.15. The van der Waals surface area contributed by atoms with Crippen molar-refractivity contribution < 1.29 is 24.2 Å². The molecule has 1 atom stereocenters. The summed E-state index contributed by atoms with van der Waals surface area (Å²) in [6.07, 6.45) is 1.00. The molecule has 0 fully saturated rings. The highest BCUT2D eigenvalue weighted by Crippen LogP contribution is 2.05. The summed E-state index contributed by atoms with van der Waals surface area (Å²) in [6, 6.07) is -1.04. The molecule has 2 N–H and O–H groups in total. The molecule has 6 heteroatoms. The number of aliphatic carboxylic acids is 1. The van der Waals surface area contributed by atoms with E-state index in [1.807, 2.05) is 13.8 Å². The molecule has 0 radical (unpaired) electrons. The fourth-order valence-electron chi connectivity index (χ4n) is 1.31. The highest BCUT2D eigenvalue weighted by molar-refractivity contribution is 5.84. The standard InChI is InChI=1S/C12H21NO5/c1-8(2)4-6-10(14)13-9(12(16)17)5-7-11(15)18-3/h8-9H,4-7H2,1-3H3,(H,13,14)(H,16,17)/t9-/m1/s1. The van der Waals surface area contributed by atoms with Gasteiger partial charge in [0.15, 0.2) is 0 Å². The zero-order valence-corrected chi connectivity index (χ0v) is 11.1. The van der Waals surface area contributed by atoms with Gasteiger partial charge in [0, 0.05) is 12.8 Å². The van der Waals surface area contributed by atoms with Crippen LogP contribution in [0.25, 0.3) is 0 Å². The number of carbonyl (C=O) groups is 3. The quantitative estimate of drug-likeness (QED) is 0.633. The van der Waals surface area contributed by atoms with Gasteiger partial charge in [-0.25, -0.2) is 4.79 Å². The van der Waals surface area contributed by atoms with E-state index in [-0.39, 0.29) is 18.7 Å². The third kappa shape index (κ3) is 7.65. The summed E-state index contributed by atoms with van der Waals surface area (Å²) in [4.78, 5) is 33.3. The molecular formula is C12H21NO5. The van der Waals surface area contributed by atoms with Crippen LogP contribution in [0.2, 0.25) is 0 Å². The van der Waals surface area contributed by atoms with Gasteiger partial charge in [-0.1, -0.05) is 13.8 Å². The van der Waals surface area contributed by atoms with Gasteiger partial charge in [0.05, 0.1) is 7.11 Å². The molecule has 0 saturated carbocycles. The normalized spacial score (nSPS) is 12.0. The second kappa shape index (κ2) is 8.49. The molecule has 0 rings (SSSR count). The Morgan fingerprint density at radius 2 is 1.78 bits per heavy atom. The van der Waals surface area contributed by atoms with Gasteiger partial charge in [-0.05, 0) is 18.8 Å². The van der Waals surface area contributed by atoms with Crippen LogP contribution >= 0.6 is 0 Å². The Hall–Kier alpha value is -1.59. The van der Waals surface area contributed by atoms with Crippen molar-refractivity contribution in [3.63, 3.8) is 0 Å². The van der Waals surface area contributed by atoms with Crippen LogP contribution in [0, 0.1) is 5.92 Å². The van der Waals surface area contributed by atoms with Gasteiger partial charge in [0.1, 0.15) is 6.04 Å². The number of carbonyl (C=O) groups excluding carboxylic acids is 2. The van der Waals surface area contributed by atoms with Gasteiger partial charge in [0.25, 0.3) is 0 Å². The summed E-state index contributed by atoms with van der Waals surface area (Å²) in [7, 11) is 1.24. The minimum Gasteiger partial charge on any atom is -0.480 e. The summed E-state index contributed by atoms with van der Waals surface area (Å²) in [5.41, 5.74) is 0. The number of hydrogen-bond donors (Lipinski definition) is 2. The maximum Gasteiger partial charge on any atom is 0.326 e. The van der Waals surface area contributed by atoms with E-state index in [0.717, 1.165) is 0 Å². The third-order valence-electron chi connectivity index (χ3n) is 2.45. The molecule has 0 aliphatic rings. The molecule has 0 aliphatic carbocycles. The van der Waals surface area contributed by atoms with E-state index in [1.165, 1.54) is 7.11 Å². The average molecular weight is 259 g/mol. The maximum atomic E-state index is 11.5. The topological polar surface area (TPSA) is 92.7 Å². The third-order valence-corrected chi connectivity index (χ3v) is 2.45. The molecule has 104 valence electrons. The average Bonchev–Trinajstić information content (AvgIpc) is 2.30. The van der Waals surface area contributed by atoms with Gasteiger partial charge in [-0.15, -0.1) is 0 Å². The van der Waals surface area contributed by atoms with Crippen molar-refractivity contribution in [3.05, 3.63) is 0 Å². The molecule has 0 heterocycles.